The van der Waals surface area contributed by atoms with E-state index >= 15 is 0 Å². The lowest BCUT2D eigenvalue weighted by Gasteiger charge is -2.37. The maximum absolute atomic E-state index is 12.5. The van der Waals surface area contributed by atoms with E-state index in [0.29, 0.717) is 6.54 Å². The van der Waals surface area contributed by atoms with Crippen LogP contribution in [0, 0.1) is 5.92 Å². The minimum atomic E-state index is -0.997. The van der Waals surface area contributed by atoms with Crippen LogP contribution < -0.4 is 0 Å². The number of piperidine rings is 1. The van der Waals surface area contributed by atoms with Crippen molar-refractivity contribution in [3.05, 3.63) is 28.0 Å². The molecule has 5 nitrogen and oxygen atoms in total. The van der Waals surface area contributed by atoms with Gasteiger partial charge in [0.1, 0.15) is 16.3 Å². The Morgan fingerprint density at radius 3 is 2.70 bits per heavy atom. The highest BCUT2D eigenvalue weighted by atomic mass is 35.5. The predicted octanol–water partition coefficient (Wildman–Crippen LogP) is 2.71. The molecule has 7 heteroatoms. The van der Waals surface area contributed by atoms with Gasteiger partial charge in [-0.1, -0.05) is 30.1 Å². The van der Waals surface area contributed by atoms with Crippen molar-refractivity contribution in [3.63, 3.8) is 0 Å². The average Bonchev–Trinajstić information content (AvgIpc) is 2.37. The van der Waals surface area contributed by atoms with Gasteiger partial charge in [-0.15, -0.1) is 0 Å². The Balaban J connectivity index is 2.33. The lowest BCUT2D eigenvalue weighted by Crippen LogP contribution is -2.52. The second kappa shape index (κ2) is 5.97. The normalized spacial score (nSPS) is 22.6. The van der Waals surface area contributed by atoms with E-state index in [2.05, 4.69) is 4.98 Å². The number of aliphatic carboxylic acids is 1. The Hall–Kier alpha value is -1.33. The molecule has 2 rings (SSSR count). The number of carbonyl (C=O) groups is 2. The van der Waals surface area contributed by atoms with Crippen LogP contribution in [-0.2, 0) is 4.79 Å². The largest absolute Gasteiger partial charge is 0.480 e. The van der Waals surface area contributed by atoms with Gasteiger partial charge in [0.15, 0.2) is 0 Å². The van der Waals surface area contributed by atoms with E-state index in [1.807, 2.05) is 6.92 Å². The highest BCUT2D eigenvalue weighted by molar-refractivity contribution is 6.34. The van der Waals surface area contributed by atoms with Gasteiger partial charge in [0.25, 0.3) is 5.91 Å². The molecule has 1 aromatic heterocycles. The summed E-state index contributed by atoms with van der Waals surface area (Å²) < 4.78 is 0. The zero-order valence-electron chi connectivity index (χ0n) is 10.8. The van der Waals surface area contributed by atoms with Crippen LogP contribution in [-0.4, -0.2) is 39.5 Å². The fraction of sp³-hybridized carbons (Fsp3) is 0.462. The second-order valence-corrected chi connectivity index (χ2v) is 5.62. The van der Waals surface area contributed by atoms with Gasteiger partial charge in [-0.2, -0.15) is 0 Å². The molecule has 1 amide bonds. The minimum absolute atomic E-state index is 0.00938. The molecule has 1 N–H and O–H groups in total. The van der Waals surface area contributed by atoms with Gasteiger partial charge in [0, 0.05) is 6.54 Å². The minimum Gasteiger partial charge on any atom is -0.480 e. The molecule has 0 radical (unpaired) electrons. The summed E-state index contributed by atoms with van der Waals surface area (Å²) in [5.74, 6) is -1.51. The first-order chi connectivity index (χ1) is 9.41. The molecule has 0 aromatic carbocycles. The van der Waals surface area contributed by atoms with Gasteiger partial charge in [0.2, 0.25) is 0 Å². The summed E-state index contributed by atoms with van der Waals surface area (Å²) in [5.41, 5.74) is 0.177. The lowest BCUT2D eigenvalue weighted by molar-refractivity contribution is -0.145. The van der Waals surface area contributed by atoms with Crippen LogP contribution >= 0.6 is 23.2 Å². The first kappa shape index (κ1) is 15.1. The van der Waals surface area contributed by atoms with Crippen molar-refractivity contribution < 1.29 is 14.7 Å². The third-order valence-electron chi connectivity index (χ3n) is 3.49. The van der Waals surface area contributed by atoms with Gasteiger partial charge in [0.05, 0.1) is 5.56 Å². The molecule has 1 aliphatic rings. The van der Waals surface area contributed by atoms with E-state index in [1.165, 1.54) is 17.0 Å². The number of aromatic nitrogens is 1. The monoisotopic (exact) mass is 316 g/mol. The zero-order valence-corrected chi connectivity index (χ0v) is 12.4. The summed E-state index contributed by atoms with van der Waals surface area (Å²) in [4.78, 5) is 29.0. The summed E-state index contributed by atoms with van der Waals surface area (Å²) in [5, 5.41) is 9.50. The molecule has 0 saturated carbocycles. The lowest BCUT2D eigenvalue weighted by atomic mass is 9.90. The number of carboxylic acid groups (broad SMARTS) is 1. The molecule has 2 atom stereocenters. The van der Waals surface area contributed by atoms with Crippen molar-refractivity contribution in [2.75, 3.05) is 6.54 Å². The van der Waals surface area contributed by atoms with Gasteiger partial charge < -0.3 is 10.0 Å². The van der Waals surface area contributed by atoms with Crippen molar-refractivity contribution >= 4 is 35.1 Å². The SMILES string of the molecule is CC1CCCN(C(=O)c2ccc(Cl)nc2Cl)C1C(=O)O. The summed E-state index contributed by atoms with van der Waals surface area (Å²) in [6, 6.07) is 2.10. The summed E-state index contributed by atoms with van der Waals surface area (Å²) in [6.45, 7) is 2.24. The Kier molecular flexibility index (Phi) is 4.50. The van der Waals surface area contributed by atoms with Gasteiger partial charge in [-0.3, -0.25) is 4.79 Å². The molecule has 1 aromatic rings. The maximum atomic E-state index is 12.5. The predicted molar refractivity (Wildman–Crippen MR) is 75.1 cm³/mol. The molecule has 108 valence electrons. The van der Waals surface area contributed by atoms with E-state index in [4.69, 9.17) is 23.2 Å². The fourth-order valence-electron chi connectivity index (χ4n) is 2.52. The van der Waals surface area contributed by atoms with Crippen LogP contribution in [0.5, 0.6) is 0 Å². The van der Waals surface area contributed by atoms with E-state index in [1.54, 1.807) is 0 Å². The molecule has 1 fully saturated rings. The number of pyridine rings is 1. The number of rotatable bonds is 2. The van der Waals surface area contributed by atoms with E-state index in [-0.39, 0.29) is 21.8 Å². The van der Waals surface area contributed by atoms with Crippen molar-refractivity contribution in [3.8, 4) is 0 Å². The van der Waals surface area contributed by atoms with Crippen LogP contribution in [0.3, 0.4) is 0 Å². The highest BCUT2D eigenvalue weighted by Crippen LogP contribution is 2.27. The van der Waals surface area contributed by atoms with Crippen molar-refractivity contribution in [1.29, 1.82) is 0 Å². The topological polar surface area (TPSA) is 70.5 Å². The number of amides is 1. The summed E-state index contributed by atoms with van der Waals surface area (Å²) in [7, 11) is 0. The van der Waals surface area contributed by atoms with Crippen molar-refractivity contribution in [1.82, 2.24) is 9.88 Å². The first-order valence-corrected chi connectivity index (χ1v) is 7.03. The third kappa shape index (κ3) is 2.88. The van der Waals surface area contributed by atoms with Crippen molar-refractivity contribution in [2.24, 2.45) is 5.92 Å². The molecule has 0 aliphatic carbocycles. The van der Waals surface area contributed by atoms with Crippen LogP contribution in [0.4, 0.5) is 0 Å². The van der Waals surface area contributed by atoms with E-state index < -0.39 is 17.9 Å². The number of hydrogen-bond donors (Lipinski definition) is 1. The number of nitrogens with zero attached hydrogens (tertiary/aromatic N) is 2. The molecule has 20 heavy (non-hydrogen) atoms. The molecular formula is C13H14Cl2N2O3. The summed E-state index contributed by atoms with van der Waals surface area (Å²) in [6.07, 6.45) is 1.56. The zero-order chi connectivity index (χ0) is 14.9. The van der Waals surface area contributed by atoms with Gasteiger partial charge >= 0.3 is 5.97 Å². The molecule has 0 spiro atoms. The molecule has 1 aliphatic heterocycles. The molecule has 2 unspecified atom stereocenters. The Bertz CT molecular complexity index is 550. The number of halogens is 2. The van der Waals surface area contributed by atoms with E-state index in [9.17, 15) is 14.7 Å². The number of carbonyl (C=O) groups excluding carboxylic acids is 1. The van der Waals surface area contributed by atoms with E-state index in [0.717, 1.165) is 12.8 Å². The standard InChI is InChI=1S/C13H14Cl2N2O3/c1-7-3-2-6-17(10(7)13(19)20)12(18)8-4-5-9(14)16-11(8)15/h4-5,7,10H,2-3,6H2,1H3,(H,19,20). The van der Waals surface area contributed by atoms with Crippen LogP contribution in [0.25, 0.3) is 0 Å². The second-order valence-electron chi connectivity index (χ2n) is 4.87. The van der Waals surface area contributed by atoms with Crippen LogP contribution in [0.1, 0.15) is 30.1 Å². The smallest absolute Gasteiger partial charge is 0.326 e. The third-order valence-corrected chi connectivity index (χ3v) is 3.99. The van der Waals surface area contributed by atoms with Gasteiger partial charge in [-0.25, -0.2) is 9.78 Å². The summed E-state index contributed by atoms with van der Waals surface area (Å²) >= 11 is 11.6. The van der Waals surface area contributed by atoms with Crippen LogP contribution in [0.2, 0.25) is 10.3 Å². The number of hydrogen-bond acceptors (Lipinski definition) is 3. The highest BCUT2D eigenvalue weighted by Gasteiger charge is 2.37. The van der Waals surface area contributed by atoms with Crippen molar-refractivity contribution in [2.45, 2.75) is 25.8 Å². The number of carboxylic acids is 1. The first-order valence-electron chi connectivity index (χ1n) is 6.27. The molecule has 0 bridgehead atoms. The maximum Gasteiger partial charge on any atom is 0.326 e. The molecule has 1 saturated heterocycles. The molecule has 2 heterocycles. The number of likely N-dealkylation sites (tertiary alicyclic amines) is 1. The Labute approximate surface area is 126 Å². The average molecular weight is 317 g/mol. The van der Waals surface area contributed by atoms with Gasteiger partial charge in [-0.05, 0) is 30.9 Å². The fourth-order valence-corrected chi connectivity index (χ4v) is 2.94. The Morgan fingerprint density at radius 2 is 2.10 bits per heavy atom. The Morgan fingerprint density at radius 1 is 1.40 bits per heavy atom. The molecular weight excluding hydrogens is 303 g/mol. The van der Waals surface area contributed by atoms with Crippen LogP contribution in [0.15, 0.2) is 12.1 Å². The quantitative estimate of drug-likeness (QED) is 0.852.